The molecule has 20 heavy (non-hydrogen) atoms. The average Bonchev–Trinajstić information content (AvgIpc) is 2.33. The molecule has 6 heteroatoms. The molecule has 0 spiro atoms. The van der Waals surface area contributed by atoms with Gasteiger partial charge in [0.1, 0.15) is 0 Å². The van der Waals surface area contributed by atoms with E-state index in [1.165, 1.54) is 2.81 Å². The zero-order valence-corrected chi connectivity index (χ0v) is 14.8. The zero-order chi connectivity index (χ0) is 15.5. The molecule has 2 rings (SSSR count). The molecule has 0 amide bonds. The third-order valence-corrected chi connectivity index (χ3v) is 3.36. The normalized spacial score (nSPS) is 8.65. The number of aliphatic carboxylic acids is 1. The van der Waals surface area contributed by atoms with Crippen LogP contribution >= 0.6 is 23.2 Å². The number of halogens is 2. The first kappa shape index (κ1) is 19.3. The molecule has 2 aromatic carbocycles. The molecule has 0 saturated heterocycles. The van der Waals surface area contributed by atoms with E-state index in [1.807, 2.05) is 24.3 Å². The molecular weight excluding hydrogens is 308 g/mol. The van der Waals surface area contributed by atoms with Crippen LogP contribution in [0.5, 0.6) is 0 Å². The van der Waals surface area contributed by atoms with E-state index in [9.17, 15) is 0 Å². The van der Waals surface area contributed by atoms with E-state index in [2.05, 4.69) is 6.07 Å². The van der Waals surface area contributed by atoms with Crippen LogP contribution in [0.4, 0.5) is 5.69 Å². The van der Waals surface area contributed by atoms with Gasteiger partial charge in [-0.2, -0.15) is 0 Å². The van der Waals surface area contributed by atoms with Crippen LogP contribution in [0.25, 0.3) is 0 Å². The van der Waals surface area contributed by atoms with Crippen molar-refractivity contribution in [1.29, 1.82) is 0 Å². The summed E-state index contributed by atoms with van der Waals surface area (Å²) in [6.07, 6.45) is 0. The SMILES string of the molecule is CC(=O)O.Clc1cccc(Cl)c1.Nc1cccc[c]1[Na]. The average molecular weight is 322 g/mol. The summed E-state index contributed by atoms with van der Waals surface area (Å²) in [5, 5.41) is 8.77. The van der Waals surface area contributed by atoms with Crippen molar-refractivity contribution in [3.8, 4) is 0 Å². The summed E-state index contributed by atoms with van der Waals surface area (Å²) < 4.78 is 1.28. The monoisotopic (exact) mass is 321 g/mol. The van der Waals surface area contributed by atoms with E-state index < -0.39 is 5.97 Å². The number of nitrogen functional groups attached to an aromatic ring is 1. The Bertz CT molecular complexity index is 508. The molecular formula is C14H14Cl2NNaO2. The summed E-state index contributed by atoms with van der Waals surface area (Å²) in [6, 6.07) is 15.0. The number of para-hydroxylation sites is 1. The number of rotatable bonds is 0. The minimum atomic E-state index is -0.833. The number of benzene rings is 2. The molecule has 0 aliphatic carbocycles. The third-order valence-electron chi connectivity index (χ3n) is 1.98. The number of carbonyl (C=O) groups is 1. The Hall–Kier alpha value is -0.710. The standard InChI is InChI=1S/C6H4Cl2.C6H6N.C2H4O2.Na/c7-5-2-1-3-6(8)4-5;7-6-4-2-1-3-5-6;1-2(3)4;/h1-4H;1-4H,7H2;1H3,(H,3,4);. The van der Waals surface area contributed by atoms with Crippen molar-refractivity contribution in [2.45, 2.75) is 6.92 Å². The second-order valence-electron chi connectivity index (χ2n) is 3.82. The predicted molar refractivity (Wildman–Crippen MR) is 86.0 cm³/mol. The summed E-state index contributed by atoms with van der Waals surface area (Å²) in [5.41, 5.74) is 6.48. The van der Waals surface area contributed by atoms with Crippen LogP contribution in [-0.4, -0.2) is 39.0 Å². The predicted octanol–water partition coefficient (Wildman–Crippen LogP) is 3.15. The van der Waals surface area contributed by atoms with Crippen LogP contribution in [0.2, 0.25) is 10.0 Å². The summed E-state index contributed by atoms with van der Waals surface area (Å²) in [4.78, 5) is 9.00. The van der Waals surface area contributed by atoms with Crippen LogP contribution in [0.3, 0.4) is 0 Å². The summed E-state index contributed by atoms with van der Waals surface area (Å²) in [5.74, 6) is -0.833. The third kappa shape index (κ3) is 11.1. The van der Waals surface area contributed by atoms with Gasteiger partial charge in [-0.25, -0.2) is 0 Å². The molecule has 3 nitrogen and oxygen atoms in total. The first-order valence-electron chi connectivity index (χ1n) is 5.74. The minimum absolute atomic E-state index is 0.678. The summed E-state index contributed by atoms with van der Waals surface area (Å²) >= 11 is 12.2. The Morgan fingerprint density at radius 1 is 1.10 bits per heavy atom. The van der Waals surface area contributed by atoms with E-state index >= 15 is 0 Å². The van der Waals surface area contributed by atoms with Gasteiger partial charge in [0.05, 0.1) is 0 Å². The molecule has 0 bridgehead atoms. The number of hydrogen-bond acceptors (Lipinski definition) is 2. The van der Waals surface area contributed by atoms with Crippen molar-refractivity contribution in [2.75, 3.05) is 5.73 Å². The van der Waals surface area contributed by atoms with E-state index in [1.54, 1.807) is 18.2 Å². The molecule has 0 unspecified atom stereocenters. The van der Waals surface area contributed by atoms with Crippen molar-refractivity contribution >= 4 is 65.6 Å². The van der Waals surface area contributed by atoms with Gasteiger partial charge < -0.3 is 5.11 Å². The van der Waals surface area contributed by atoms with Crippen LogP contribution in [0.15, 0.2) is 48.5 Å². The van der Waals surface area contributed by atoms with Crippen molar-refractivity contribution in [3.63, 3.8) is 0 Å². The molecule has 0 aliphatic heterocycles. The number of nitrogens with two attached hydrogens (primary N) is 1. The van der Waals surface area contributed by atoms with Crippen molar-refractivity contribution in [1.82, 2.24) is 0 Å². The van der Waals surface area contributed by atoms with Gasteiger partial charge in [-0.05, 0) is 18.2 Å². The van der Waals surface area contributed by atoms with Crippen LogP contribution in [-0.2, 0) is 4.79 Å². The number of hydrogen-bond donors (Lipinski definition) is 2. The molecule has 0 atom stereocenters. The van der Waals surface area contributed by atoms with Gasteiger partial charge in [-0.1, -0.05) is 29.3 Å². The van der Waals surface area contributed by atoms with E-state index in [0.29, 0.717) is 10.0 Å². The fourth-order valence-electron chi connectivity index (χ4n) is 1.05. The Labute approximate surface area is 146 Å². The van der Waals surface area contributed by atoms with Gasteiger partial charge in [-0.15, -0.1) is 0 Å². The molecule has 0 fully saturated rings. The molecule has 2 aromatic rings. The fraction of sp³-hybridized carbons (Fsp3) is 0.0714. The molecule has 3 N–H and O–H groups in total. The van der Waals surface area contributed by atoms with Crippen molar-refractivity contribution < 1.29 is 9.90 Å². The van der Waals surface area contributed by atoms with E-state index in [0.717, 1.165) is 40.5 Å². The van der Waals surface area contributed by atoms with Gasteiger partial charge in [0, 0.05) is 17.0 Å². The molecule has 0 aromatic heterocycles. The van der Waals surface area contributed by atoms with Crippen LogP contribution in [0.1, 0.15) is 6.92 Å². The Morgan fingerprint density at radius 3 is 1.80 bits per heavy atom. The van der Waals surface area contributed by atoms with Gasteiger partial charge in [-0.3, -0.25) is 4.79 Å². The molecule has 102 valence electrons. The quantitative estimate of drug-likeness (QED) is 0.578. The first-order chi connectivity index (χ1) is 9.32. The van der Waals surface area contributed by atoms with Gasteiger partial charge in [0.25, 0.3) is 5.97 Å². The van der Waals surface area contributed by atoms with Gasteiger partial charge in [0.15, 0.2) is 0 Å². The van der Waals surface area contributed by atoms with E-state index in [4.69, 9.17) is 38.8 Å². The first-order valence-corrected chi connectivity index (χ1v) is 7.50. The molecule has 0 aliphatic rings. The maximum absolute atomic E-state index is 9.00. The number of carboxylic acids is 1. The zero-order valence-electron chi connectivity index (χ0n) is 11.3. The second kappa shape index (κ2) is 11.0. The summed E-state index contributed by atoms with van der Waals surface area (Å²) in [6.45, 7) is 1.08. The van der Waals surface area contributed by atoms with E-state index in [-0.39, 0.29) is 0 Å². The van der Waals surface area contributed by atoms with Crippen LogP contribution in [0, 0.1) is 0 Å². The molecule has 0 heterocycles. The van der Waals surface area contributed by atoms with Crippen molar-refractivity contribution in [2.24, 2.45) is 0 Å². The maximum atomic E-state index is 9.00. The fourth-order valence-corrected chi connectivity index (χ4v) is 1.84. The summed E-state index contributed by atoms with van der Waals surface area (Å²) in [7, 11) is 0. The Kier molecular flexibility index (Phi) is 10.6. The van der Waals surface area contributed by atoms with Gasteiger partial charge in [0.2, 0.25) is 0 Å². The Morgan fingerprint density at radius 2 is 1.55 bits per heavy atom. The molecule has 0 saturated carbocycles. The van der Waals surface area contributed by atoms with Gasteiger partial charge >= 0.3 is 66.4 Å². The van der Waals surface area contributed by atoms with Crippen LogP contribution < -0.4 is 8.55 Å². The number of anilines is 1. The topological polar surface area (TPSA) is 63.3 Å². The molecule has 0 radical (unpaired) electrons. The number of carboxylic acid groups (broad SMARTS) is 1. The Balaban J connectivity index is 0.000000289. The van der Waals surface area contributed by atoms with Crippen molar-refractivity contribution in [3.05, 3.63) is 58.6 Å². The second-order valence-corrected chi connectivity index (χ2v) is 5.77.